The normalized spacial score (nSPS) is 10.3. The second kappa shape index (κ2) is 6.85. The lowest BCUT2D eigenvalue weighted by atomic mass is 10.2. The first-order valence-corrected chi connectivity index (χ1v) is 6.58. The fourth-order valence-corrected chi connectivity index (χ4v) is 2.07. The van der Waals surface area contributed by atoms with Crippen molar-refractivity contribution in [3.05, 3.63) is 67.6 Å². The number of hydrogen-bond acceptors (Lipinski definition) is 1. The Bertz CT molecular complexity index is 396. The van der Waals surface area contributed by atoms with Crippen LogP contribution in [0.1, 0.15) is 19.3 Å². The van der Waals surface area contributed by atoms with Crippen LogP contribution in [0.15, 0.2) is 60.7 Å². The van der Waals surface area contributed by atoms with Gasteiger partial charge >= 0.3 is 0 Å². The molecule has 2 aromatic rings. The third kappa shape index (κ3) is 3.36. The van der Waals surface area contributed by atoms with Crippen LogP contribution in [0.3, 0.4) is 0 Å². The summed E-state index contributed by atoms with van der Waals surface area (Å²) in [4.78, 5) is 2.37. The highest BCUT2D eigenvalue weighted by atomic mass is 15.1. The molecule has 1 heteroatoms. The number of rotatable bonds is 6. The largest absolute Gasteiger partial charge is 0.341 e. The van der Waals surface area contributed by atoms with Crippen molar-refractivity contribution in [1.82, 2.24) is 0 Å². The minimum atomic E-state index is 1.01. The standard InChI is InChI=1S/C17H20N/c1-2-3-10-15-18(16-11-6-4-7-12-16)17-13-8-5-9-14-17/h4-9,11-14H,1-3,10,15H2. The molecule has 0 aromatic heterocycles. The highest BCUT2D eigenvalue weighted by Crippen LogP contribution is 2.25. The van der Waals surface area contributed by atoms with Gasteiger partial charge in [0.2, 0.25) is 0 Å². The molecule has 0 saturated heterocycles. The molecule has 0 N–H and O–H groups in total. The van der Waals surface area contributed by atoms with E-state index < -0.39 is 0 Å². The lowest BCUT2D eigenvalue weighted by Crippen LogP contribution is -2.18. The van der Waals surface area contributed by atoms with Crippen molar-refractivity contribution in [3.63, 3.8) is 0 Å². The maximum atomic E-state index is 3.91. The summed E-state index contributed by atoms with van der Waals surface area (Å²) in [6.07, 6.45) is 3.36. The minimum Gasteiger partial charge on any atom is -0.341 e. The maximum absolute atomic E-state index is 3.91. The summed E-state index contributed by atoms with van der Waals surface area (Å²) in [7, 11) is 0. The molecule has 0 aliphatic carbocycles. The van der Waals surface area contributed by atoms with E-state index in [2.05, 4.69) is 72.5 Å². The van der Waals surface area contributed by atoms with E-state index in [-0.39, 0.29) is 0 Å². The summed E-state index contributed by atoms with van der Waals surface area (Å²) >= 11 is 0. The Kier molecular flexibility index (Phi) is 4.83. The predicted octanol–water partition coefficient (Wildman–Crippen LogP) is 4.83. The van der Waals surface area contributed by atoms with Gasteiger partial charge in [0.15, 0.2) is 0 Å². The van der Waals surface area contributed by atoms with Gasteiger partial charge in [0.05, 0.1) is 0 Å². The third-order valence-electron chi connectivity index (χ3n) is 3.02. The van der Waals surface area contributed by atoms with Crippen LogP contribution in [0.25, 0.3) is 0 Å². The second-order valence-electron chi connectivity index (χ2n) is 4.38. The Morgan fingerprint density at radius 2 is 1.22 bits per heavy atom. The molecule has 1 nitrogen and oxygen atoms in total. The molecular weight excluding hydrogens is 218 g/mol. The van der Waals surface area contributed by atoms with Crippen molar-refractivity contribution in [2.75, 3.05) is 11.4 Å². The van der Waals surface area contributed by atoms with Crippen LogP contribution in [-0.4, -0.2) is 6.54 Å². The summed E-state index contributed by atoms with van der Waals surface area (Å²) < 4.78 is 0. The molecule has 2 aromatic carbocycles. The summed E-state index contributed by atoms with van der Waals surface area (Å²) in [5.74, 6) is 0. The quantitative estimate of drug-likeness (QED) is 0.651. The van der Waals surface area contributed by atoms with Crippen molar-refractivity contribution >= 4 is 11.4 Å². The molecule has 1 radical (unpaired) electrons. The molecule has 0 amide bonds. The molecule has 0 atom stereocenters. The van der Waals surface area contributed by atoms with Crippen molar-refractivity contribution in [1.29, 1.82) is 0 Å². The van der Waals surface area contributed by atoms with E-state index in [4.69, 9.17) is 0 Å². The van der Waals surface area contributed by atoms with E-state index in [9.17, 15) is 0 Å². The first kappa shape index (κ1) is 12.7. The van der Waals surface area contributed by atoms with E-state index in [1.807, 2.05) is 0 Å². The van der Waals surface area contributed by atoms with Crippen LogP contribution in [0.5, 0.6) is 0 Å². The summed E-state index contributed by atoms with van der Waals surface area (Å²) in [6, 6.07) is 21.1. The molecule has 0 heterocycles. The monoisotopic (exact) mass is 238 g/mol. The van der Waals surface area contributed by atoms with Gasteiger partial charge in [-0.3, -0.25) is 0 Å². The Hall–Kier alpha value is -1.76. The predicted molar refractivity (Wildman–Crippen MR) is 79.1 cm³/mol. The van der Waals surface area contributed by atoms with Crippen LogP contribution in [0.2, 0.25) is 0 Å². The van der Waals surface area contributed by atoms with Gasteiger partial charge in [0, 0.05) is 17.9 Å². The average Bonchev–Trinajstić information content (AvgIpc) is 2.46. The zero-order valence-corrected chi connectivity index (χ0v) is 10.8. The summed E-state index contributed by atoms with van der Waals surface area (Å²) in [5.41, 5.74) is 2.51. The van der Waals surface area contributed by atoms with Crippen molar-refractivity contribution in [2.45, 2.75) is 19.3 Å². The summed E-state index contributed by atoms with van der Waals surface area (Å²) in [6.45, 7) is 4.95. The van der Waals surface area contributed by atoms with Gasteiger partial charge in [-0.05, 0) is 30.7 Å². The average molecular weight is 238 g/mol. The fraction of sp³-hybridized carbons (Fsp3) is 0.235. The highest BCUT2D eigenvalue weighted by Gasteiger charge is 2.07. The van der Waals surface area contributed by atoms with Gasteiger partial charge in [-0.15, -0.1) is 0 Å². The van der Waals surface area contributed by atoms with Gasteiger partial charge in [0.1, 0.15) is 0 Å². The minimum absolute atomic E-state index is 1.01. The van der Waals surface area contributed by atoms with Gasteiger partial charge in [-0.1, -0.05) is 56.2 Å². The van der Waals surface area contributed by atoms with Crippen LogP contribution in [-0.2, 0) is 0 Å². The molecule has 93 valence electrons. The van der Waals surface area contributed by atoms with Crippen molar-refractivity contribution in [3.8, 4) is 0 Å². The lowest BCUT2D eigenvalue weighted by Gasteiger charge is -2.25. The van der Waals surface area contributed by atoms with E-state index >= 15 is 0 Å². The van der Waals surface area contributed by atoms with Gasteiger partial charge < -0.3 is 4.90 Å². The van der Waals surface area contributed by atoms with Crippen molar-refractivity contribution < 1.29 is 0 Å². The lowest BCUT2D eigenvalue weighted by molar-refractivity contribution is 0.743. The SMILES string of the molecule is [CH2]CCCCN(c1ccccc1)c1ccccc1. The van der Waals surface area contributed by atoms with E-state index in [1.165, 1.54) is 24.2 Å². The van der Waals surface area contributed by atoms with Crippen LogP contribution >= 0.6 is 0 Å². The molecule has 0 fully saturated rings. The first-order valence-electron chi connectivity index (χ1n) is 6.58. The second-order valence-corrected chi connectivity index (χ2v) is 4.38. The highest BCUT2D eigenvalue weighted by molar-refractivity contribution is 5.62. The zero-order chi connectivity index (χ0) is 12.6. The van der Waals surface area contributed by atoms with E-state index in [1.54, 1.807) is 0 Å². The number of unbranched alkanes of at least 4 members (excludes halogenated alkanes) is 2. The van der Waals surface area contributed by atoms with Gasteiger partial charge in [-0.25, -0.2) is 0 Å². The molecule has 0 spiro atoms. The Morgan fingerprint density at radius 1 is 0.722 bits per heavy atom. The number of para-hydroxylation sites is 2. The molecule has 0 aliphatic rings. The number of hydrogen-bond donors (Lipinski definition) is 0. The molecule has 18 heavy (non-hydrogen) atoms. The van der Waals surface area contributed by atoms with Crippen LogP contribution in [0.4, 0.5) is 11.4 Å². The number of nitrogens with zero attached hydrogens (tertiary/aromatic N) is 1. The van der Waals surface area contributed by atoms with Crippen LogP contribution in [0, 0.1) is 6.92 Å². The fourth-order valence-electron chi connectivity index (χ4n) is 2.07. The van der Waals surface area contributed by atoms with Crippen molar-refractivity contribution in [2.24, 2.45) is 0 Å². The molecule has 0 aliphatic heterocycles. The number of benzene rings is 2. The molecule has 2 rings (SSSR count). The molecule has 0 unspecified atom stereocenters. The number of anilines is 2. The van der Waals surface area contributed by atoms with E-state index in [0.29, 0.717) is 0 Å². The first-order chi connectivity index (χ1) is 8.92. The Labute approximate surface area is 110 Å². The summed E-state index contributed by atoms with van der Waals surface area (Å²) in [5, 5.41) is 0. The molecular formula is C17H20N. The molecule has 0 bridgehead atoms. The zero-order valence-electron chi connectivity index (χ0n) is 10.8. The van der Waals surface area contributed by atoms with Crippen LogP contribution < -0.4 is 4.90 Å². The van der Waals surface area contributed by atoms with Gasteiger partial charge in [-0.2, -0.15) is 0 Å². The Morgan fingerprint density at radius 3 is 1.67 bits per heavy atom. The topological polar surface area (TPSA) is 3.24 Å². The third-order valence-corrected chi connectivity index (χ3v) is 3.02. The van der Waals surface area contributed by atoms with Gasteiger partial charge in [0.25, 0.3) is 0 Å². The maximum Gasteiger partial charge on any atom is 0.0410 e. The molecule has 0 saturated carbocycles. The smallest absolute Gasteiger partial charge is 0.0410 e. The Balaban J connectivity index is 2.18. The van der Waals surface area contributed by atoms with E-state index in [0.717, 1.165) is 13.0 Å².